The molecule has 0 aromatic rings. The number of piperidine rings is 2. The van der Waals surface area contributed by atoms with E-state index in [-0.39, 0.29) is 37.4 Å². The first-order chi connectivity index (χ1) is 22.5. The zero-order chi connectivity index (χ0) is 35.4. The minimum atomic E-state index is -0.793. The maximum absolute atomic E-state index is 12.4. The van der Waals surface area contributed by atoms with Crippen LogP contribution in [0.4, 0.5) is 0 Å². The fraction of sp³-hybridized carbons (Fsp3) is 0.944. The molecule has 0 bridgehead atoms. The van der Waals surface area contributed by atoms with Crippen molar-refractivity contribution in [3.63, 3.8) is 0 Å². The van der Waals surface area contributed by atoms with E-state index in [1.54, 1.807) is 0 Å². The number of carbonyl (C=O) groups is 2. The first kappa shape index (κ1) is 39.4. The van der Waals surface area contributed by atoms with Crippen LogP contribution < -0.4 is 0 Å². The molecule has 12 nitrogen and oxygen atoms in total. The molecule has 4 unspecified atom stereocenters. The van der Waals surface area contributed by atoms with E-state index in [9.17, 15) is 20.0 Å². The molecule has 4 heterocycles. The van der Waals surface area contributed by atoms with Crippen LogP contribution in [0.1, 0.15) is 145 Å². The van der Waals surface area contributed by atoms with Crippen LogP contribution in [0.3, 0.4) is 0 Å². The second-order valence-electron chi connectivity index (χ2n) is 16.0. The van der Waals surface area contributed by atoms with Crippen molar-refractivity contribution in [3.8, 4) is 0 Å². The van der Waals surface area contributed by atoms with E-state index in [4.69, 9.17) is 28.4 Å². The minimum absolute atomic E-state index is 0.146. The van der Waals surface area contributed by atoms with Crippen molar-refractivity contribution in [2.75, 3.05) is 26.4 Å². The van der Waals surface area contributed by atoms with Crippen molar-refractivity contribution in [2.24, 2.45) is 0 Å². The van der Waals surface area contributed by atoms with Gasteiger partial charge in [-0.05, 0) is 66.2 Å². The van der Waals surface area contributed by atoms with Crippen LogP contribution in [0.15, 0.2) is 0 Å². The van der Waals surface area contributed by atoms with E-state index in [0.717, 1.165) is 38.5 Å². The second kappa shape index (κ2) is 15.5. The zero-order valence-electron chi connectivity index (χ0n) is 30.9. The minimum Gasteiger partial charge on any atom is -0.463 e. The molecular formula is C36H64N2O10. The largest absolute Gasteiger partial charge is 0.463 e. The standard InChI is InChI=1S/C36H64N2O10/c1-9-33(10-2)25-35(23-31(5,6)37(33)41)45-21-27(47-35)19-43-29(39)17-15-13-14-16-18-30(40)44-20-28-22-46-36(48-28)24-32(7,8)38(42)34(11-3,12-4)26-36/h27-28,41-42H,9-26H2,1-8H3. The number of nitrogens with zero attached hydrogens (tertiary/aromatic N) is 2. The summed E-state index contributed by atoms with van der Waals surface area (Å²) in [6.07, 6.45) is 8.23. The molecule has 0 aromatic carbocycles. The van der Waals surface area contributed by atoms with Gasteiger partial charge >= 0.3 is 11.9 Å². The average Bonchev–Trinajstić information content (AvgIpc) is 3.62. The topological polar surface area (TPSA) is 136 Å². The van der Waals surface area contributed by atoms with Gasteiger partial charge in [0, 0.05) is 49.6 Å². The normalized spacial score (nSPS) is 32.5. The molecule has 0 amide bonds. The molecule has 2 N–H and O–H groups in total. The third kappa shape index (κ3) is 8.55. The van der Waals surface area contributed by atoms with E-state index < -0.39 is 33.7 Å². The summed E-state index contributed by atoms with van der Waals surface area (Å²) in [6.45, 7) is 17.3. The Morgan fingerprint density at radius 1 is 0.625 bits per heavy atom. The zero-order valence-corrected chi connectivity index (χ0v) is 30.9. The van der Waals surface area contributed by atoms with Crippen LogP contribution in [0, 0.1) is 0 Å². The third-order valence-electron chi connectivity index (χ3n) is 11.5. The number of unbranched alkanes of at least 4 members (excludes halogenated alkanes) is 3. The lowest BCUT2D eigenvalue weighted by Crippen LogP contribution is -2.66. The Morgan fingerprint density at radius 2 is 0.979 bits per heavy atom. The van der Waals surface area contributed by atoms with E-state index in [1.165, 1.54) is 10.1 Å². The summed E-state index contributed by atoms with van der Waals surface area (Å²) in [6, 6.07) is 0. The summed E-state index contributed by atoms with van der Waals surface area (Å²) < 4.78 is 36.2. The van der Waals surface area contributed by atoms with Crippen LogP contribution in [-0.2, 0) is 38.0 Å². The number of ether oxygens (including phenoxy) is 6. The van der Waals surface area contributed by atoms with Gasteiger partial charge in [0.15, 0.2) is 11.6 Å². The highest BCUT2D eigenvalue weighted by molar-refractivity contribution is 5.69. The van der Waals surface area contributed by atoms with E-state index >= 15 is 0 Å². The van der Waals surface area contributed by atoms with Crippen molar-refractivity contribution in [3.05, 3.63) is 0 Å². The van der Waals surface area contributed by atoms with E-state index in [0.29, 0.717) is 64.6 Å². The van der Waals surface area contributed by atoms with E-state index in [1.807, 2.05) is 27.7 Å². The molecule has 48 heavy (non-hydrogen) atoms. The highest BCUT2D eigenvalue weighted by Gasteiger charge is 2.60. The van der Waals surface area contributed by atoms with Gasteiger partial charge in [0.2, 0.25) is 0 Å². The molecule has 4 atom stereocenters. The van der Waals surface area contributed by atoms with Crippen LogP contribution in [-0.4, -0.2) is 105 Å². The highest BCUT2D eigenvalue weighted by Crippen LogP contribution is 2.51. The van der Waals surface area contributed by atoms with Gasteiger partial charge < -0.3 is 38.8 Å². The second-order valence-corrected chi connectivity index (χ2v) is 16.0. The predicted molar refractivity (Wildman–Crippen MR) is 177 cm³/mol. The quantitative estimate of drug-likeness (QED) is 0.148. The number of hydrogen-bond donors (Lipinski definition) is 2. The fourth-order valence-corrected chi connectivity index (χ4v) is 8.81. The molecule has 278 valence electrons. The molecule has 2 spiro atoms. The Kier molecular flexibility index (Phi) is 12.7. The summed E-state index contributed by atoms with van der Waals surface area (Å²) >= 11 is 0. The Balaban J connectivity index is 1.08. The fourth-order valence-electron chi connectivity index (χ4n) is 8.81. The number of esters is 2. The number of hydrogen-bond acceptors (Lipinski definition) is 12. The number of carbonyl (C=O) groups excluding carboxylic acids is 2. The van der Waals surface area contributed by atoms with Crippen molar-refractivity contribution in [1.82, 2.24) is 10.1 Å². The monoisotopic (exact) mass is 684 g/mol. The smallest absolute Gasteiger partial charge is 0.305 e. The van der Waals surface area contributed by atoms with Gasteiger partial charge in [-0.2, -0.15) is 10.1 Å². The molecule has 4 aliphatic heterocycles. The van der Waals surface area contributed by atoms with Crippen molar-refractivity contribution in [1.29, 1.82) is 0 Å². The first-order valence-corrected chi connectivity index (χ1v) is 18.5. The lowest BCUT2D eigenvalue weighted by atomic mass is 9.73. The van der Waals surface area contributed by atoms with Crippen LogP contribution in [0.25, 0.3) is 0 Å². The van der Waals surface area contributed by atoms with Gasteiger partial charge in [-0.1, -0.05) is 40.5 Å². The van der Waals surface area contributed by atoms with Gasteiger partial charge in [-0.3, -0.25) is 9.59 Å². The van der Waals surface area contributed by atoms with Crippen molar-refractivity contribution < 1.29 is 48.4 Å². The first-order valence-electron chi connectivity index (χ1n) is 18.5. The Morgan fingerprint density at radius 3 is 1.31 bits per heavy atom. The lowest BCUT2D eigenvalue weighted by Gasteiger charge is -2.56. The molecule has 12 heteroatoms. The number of rotatable bonds is 15. The van der Waals surface area contributed by atoms with Gasteiger partial charge in [-0.25, -0.2) is 0 Å². The van der Waals surface area contributed by atoms with Crippen molar-refractivity contribution >= 4 is 11.9 Å². The maximum Gasteiger partial charge on any atom is 0.305 e. The molecule has 0 aromatic heterocycles. The summed E-state index contributed by atoms with van der Waals surface area (Å²) in [7, 11) is 0. The summed E-state index contributed by atoms with van der Waals surface area (Å²) in [5, 5.41) is 24.9. The Labute approximate surface area is 288 Å². The van der Waals surface area contributed by atoms with Crippen LogP contribution >= 0.6 is 0 Å². The van der Waals surface area contributed by atoms with Gasteiger partial charge in [-0.15, -0.1) is 0 Å². The molecular weight excluding hydrogens is 620 g/mol. The van der Waals surface area contributed by atoms with Gasteiger partial charge in [0.1, 0.15) is 25.4 Å². The summed E-state index contributed by atoms with van der Waals surface area (Å²) in [5.74, 6) is -2.11. The Hall–Kier alpha value is -1.38. The molecule has 4 saturated heterocycles. The van der Waals surface area contributed by atoms with Crippen LogP contribution in [0.5, 0.6) is 0 Å². The third-order valence-corrected chi connectivity index (χ3v) is 11.5. The number of hydroxylamine groups is 4. The van der Waals surface area contributed by atoms with E-state index in [2.05, 4.69) is 27.7 Å². The van der Waals surface area contributed by atoms with Crippen molar-refractivity contribution in [2.45, 2.75) is 191 Å². The Bertz CT molecular complexity index is 1010. The predicted octanol–water partition coefficient (Wildman–Crippen LogP) is 6.28. The average molecular weight is 685 g/mol. The lowest BCUT2D eigenvalue weighted by molar-refractivity contribution is -0.327. The molecule has 4 rings (SSSR count). The molecule has 4 aliphatic rings. The van der Waals surface area contributed by atoms with Crippen LogP contribution in [0.2, 0.25) is 0 Å². The van der Waals surface area contributed by atoms with Gasteiger partial charge in [0.25, 0.3) is 0 Å². The van der Waals surface area contributed by atoms with Gasteiger partial charge in [0.05, 0.1) is 24.3 Å². The summed E-state index contributed by atoms with van der Waals surface area (Å²) in [5.41, 5.74) is -1.88. The maximum atomic E-state index is 12.4. The molecule has 4 fully saturated rings. The molecule has 0 aliphatic carbocycles. The SMILES string of the molecule is CCC1(CC)CC2(CC(C)(C)N1O)OCC(COC(=O)CCCCCCC(=O)OCC1COC3(CC(C)(C)N(O)C(CC)(CC)C3)O1)O2. The summed E-state index contributed by atoms with van der Waals surface area (Å²) in [4.78, 5) is 24.9. The molecule has 0 saturated carbocycles. The molecule has 0 radical (unpaired) electrons. The highest BCUT2D eigenvalue weighted by atomic mass is 16.8.